The highest BCUT2D eigenvalue weighted by Crippen LogP contribution is 2.33. The molecular formula is C14H11N3O2S. The van der Waals surface area contributed by atoms with Crippen LogP contribution in [0.15, 0.2) is 29.3 Å². The highest BCUT2D eigenvalue weighted by atomic mass is 32.1. The van der Waals surface area contributed by atoms with Crippen molar-refractivity contribution in [3.05, 3.63) is 55.9 Å². The molecule has 6 heteroatoms. The molecule has 2 aromatic rings. The fourth-order valence-electron chi connectivity index (χ4n) is 1.65. The molecule has 0 aliphatic heterocycles. The molecule has 0 unspecified atom stereocenters. The van der Waals surface area contributed by atoms with Crippen molar-refractivity contribution in [2.24, 2.45) is 4.99 Å². The summed E-state index contributed by atoms with van der Waals surface area (Å²) in [5.74, 6) is 0. The molecule has 0 saturated heterocycles. The minimum Gasteiger partial charge on any atom is -0.258 e. The van der Waals surface area contributed by atoms with E-state index in [2.05, 4.69) is 11.1 Å². The summed E-state index contributed by atoms with van der Waals surface area (Å²) in [6.45, 7) is 3.85. The summed E-state index contributed by atoms with van der Waals surface area (Å²) in [5, 5.41) is 20.3. The summed E-state index contributed by atoms with van der Waals surface area (Å²) in [5.41, 5.74) is 2.34. The molecule has 1 heterocycles. The van der Waals surface area contributed by atoms with E-state index in [0.29, 0.717) is 10.6 Å². The van der Waals surface area contributed by atoms with E-state index < -0.39 is 4.92 Å². The number of aliphatic imine (C=N–C) groups is 1. The maximum absolute atomic E-state index is 10.6. The molecule has 0 radical (unpaired) electrons. The van der Waals surface area contributed by atoms with Gasteiger partial charge in [0.1, 0.15) is 11.1 Å². The number of nitrogens with zero attached hydrogens (tertiary/aromatic N) is 3. The summed E-state index contributed by atoms with van der Waals surface area (Å²) >= 11 is 1.46. The molecule has 0 spiro atoms. The first-order valence-corrected chi connectivity index (χ1v) is 6.63. The van der Waals surface area contributed by atoms with Crippen LogP contribution in [0.3, 0.4) is 0 Å². The largest absolute Gasteiger partial charge is 0.269 e. The Morgan fingerprint density at radius 1 is 1.35 bits per heavy atom. The Bertz CT molecular complexity index is 724. The second-order valence-corrected chi connectivity index (χ2v) is 5.39. The van der Waals surface area contributed by atoms with E-state index in [4.69, 9.17) is 5.26 Å². The van der Waals surface area contributed by atoms with Gasteiger partial charge in [-0.1, -0.05) is 0 Å². The van der Waals surface area contributed by atoms with Crippen LogP contribution in [0.4, 0.5) is 10.7 Å². The van der Waals surface area contributed by atoms with Gasteiger partial charge in [-0.2, -0.15) is 5.26 Å². The standard InChI is InChI=1S/C14H11N3O2S/c1-9-10(2)20-14(13(9)7-15)16-8-11-3-5-12(6-4-11)17(18)19/h3-6,8H,1-2H3/b16-8+. The summed E-state index contributed by atoms with van der Waals surface area (Å²) in [6, 6.07) is 8.26. The number of nitriles is 1. The molecule has 2 rings (SSSR count). The average Bonchev–Trinajstić information content (AvgIpc) is 2.71. The minimum absolute atomic E-state index is 0.0441. The number of hydrogen-bond acceptors (Lipinski definition) is 5. The lowest BCUT2D eigenvalue weighted by molar-refractivity contribution is -0.384. The SMILES string of the molecule is Cc1sc(/N=C/c2ccc([N+](=O)[O-])cc2)c(C#N)c1C. The number of rotatable bonds is 3. The quantitative estimate of drug-likeness (QED) is 0.487. The van der Waals surface area contributed by atoms with Gasteiger partial charge in [0.15, 0.2) is 0 Å². The molecule has 100 valence electrons. The van der Waals surface area contributed by atoms with Gasteiger partial charge in [0.25, 0.3) is 5.69 Å². The van der Waals surface area contributed by atoms with Gasteiger partial charge >= 0.3 is 0 Å². The van der Waals surface area contributed by atoms with Crippen molar-refractivity contribution in [3.8, 4) is 6.07 Å². The second kappa shape index (κ2) is 5.63. The molecule has 0 aliphatic carbocycles. The van der Waals surface area contributed by atoms with Crippen molar-refractivity contribution in [3.63, 3.8) is 0 Å². The molecule has 0 N–H and O–H groups in total. The highest BCUT2D eigenvalue weighted by molar-refractivity contribution is 7.16. The summed E-state index contributed by atoms with van der Waals surface area (Å²) in [4.78, 5) is 15.5. The van der Waals surface area contributed by atoms with Gasteiger partial charge in [0.2, 0.25) is 0 Å². The monoisotopic (exact) mass is 285 g/mol. The van der Waals surface area contributed by atoms with Gasteiger partial charge in [-0.05, 0) is 37.1 Å². The predicted octanol–water partition coefficient (Wildman–Crippen LogP) is 3.90. The number of aryl methyl sites for hydroxylation is 1. The van der Waals surface area contributed by atoms with Crippen LogP contribution < -0.4 is 0 Å². The number of non-ortho nitro benzene ring substituents is 1. The third kappa shape index (κ3) is 2.73. The third-order valence-corrected chi connectivity index (χ3v) is 4.03. The number of hydrogen-bond donors (Lipinski definition) is 0. The average molecular weight is 285 g/mol. The zero-order chi connectivity index (χ0) is 14.7. The molecule has 20 heavy (non-hydrogen) atoms. The van der Waals surface area contributed by atoms with E-state index in [1.54, 1.807) is 18.3 Å². The van der Waals surface area contributed by atoms with Gasteiger partial charge in [-0.25, -0.2) is 4.99 Å². The Morgan fingerprint density at radius 3 is 2.55 bits per heavy atom. The highest BCUT2D eigenvalue weighted by Gasteiger charge is 2.10. The molecule has 0 fully saturated rings. The van der Waals surface area contributed by atoms with E-state index in [0.717, 1.165) is 16.0 Å². The van der Waals surface area contributed by atoms with E-state index in [9.17, 15) is 10.1 Å². The van der Waals surface area contributed by atoms with Crippen LogP contribution in [0.2, 0.25) is 0 Å². The fourth-order valence-corrected chi connectivity index (χ4v) is 2.60. The molecule has 1 aromatic carbocycles. The van der Waals surface area contributed by atoms with Crippen molar-refractivity contribution >= 4 is 28.2 Å². The molecule has 0 atom stereocenters. The lowest BCUT2D eigenvalue weighted by Gasteiger charge is -1.93. The number of nitro benzene ring substituents is 1. The third-order valence-electron chi connectivity index (χ3n) is 2.91. The van der Waals surface area contributed by atoms with E-state index >= 15 is 0 Å². The Morgan fingerprint density at radius 2 is 2.00 bits per heavy atom. The first-order chi connectivity index (χ1) is 9.52. The fraction of sp³-hybridized carbons (Fsp3) is 0.143. The lowest BCUT2D eigenvalue weighted by atomic mass is 10.2. The first-order valence-electron chi connectivity index (χ1n) is 5.81. The zero-order valence-electron chi connectivity index (χ0n) is 11.0. The van der Waals surface area contributed by atoms with Crippen molar-refractivity contribution in [1.29, 1.82) is 5.26 Å². The summed E-state index contributed by atoms with van der Waals surface area (Å²) in [6.07, 6.45) is 1.61. The topological polar surface area (TPSA) is 79.3 Å². The maximum Gasteiger partial charge on any atom is 0.269 e. The van der Waals surface area contributed by atoms with Crippen molar-refractivity contribution < 1.29 is 4.92 Å². The molecule has 0 amide bonds. The van der Waals surface area contributed by atoms with Crippen LogP contribution in [-0.2, 0) is 0 Å². The van der Waals surface area contributed by atoms with Crippen LogP contribution in [0.5, 0.6) is 0 Å². The van der Waals surface area contributed by atoms with Gasteiger partial charge in [0, 0.05) is 23.2 Å². The van der Waals surface area contributed by atoms with Crippen LogP contribution >= 0.6 is 11.3 Å². The second-order valence-electron chi connectivity index (χ2n) is 4.18. The number of benzene rings is 1. The minimum atomic E-state index is -0.444. The van der Waals surface area contributed by atoms with Crippen LogP contribution in [0.1, 0.15) is 21.6 Å². The molecule has 5 nitrogen and oxygen atoms in total. The Balaban J connectivity index is 2.28. The predicted molar refractivity (Wildman–Crippen MR) is 78.9 cm³/mol. The van der Waals surface area contributed by atoms with Gasteiger partial charge in [-0.3, -0.25) is 10.1 Å². The van der Waals surface area contributed by atoms with Crippen LogP contribution in [0.25, 0.3) is 0 Å². The smallest absolute Gasteiger partial charge is 0.258 e. The number of thiophene rings is 1. The van der Waals surface area contributed by atoms with Crippen LogP contribution in [0, 0.1) is 35.3 Å². The summed E-state index contributed by atoms with van der Waals surface area (Å²) < 4.78 is 0. The Hall–Kier alpha value is -2.52. The normalized spacial score (nSPS) is 10.7. The number of nitro groups is 1. The summed E-state index contributed by atoms with van der Waals surface area (Å²) in [7, 11) is 0. The van der Waals surface area contributed by atoms with E-state index in [-0.39, 0.29) is 5.69 Å². The van der Waals surface area contributed by atoms with Crippen molar-refractivity contribution in [2.75, 3.05) is 0 Å². The van der Waals surface area contributed by atoms with Crippen LogP contribution in [-0.4, -0.2) is 11.1 Å². The van der Waals surface area contributed by atoms with Gasteiger partial charge < -0.3 is 0 Å². The molecule has 0 aliphatic rings. The zero-order valence-corrected chi connectivity index (χ0v) is 11.8. The van der Waals surface area contributed by atoms with Crippen molar-refractivity contribution in [2.45, 2.75) is 13.8 Å². The molecular weight excluding hydrogens is 274 g/mol. The Labute approximate surface area is 120 Å². The molecule has 0 bridgehead atoms. The maximum atomic E-state index is 10.6. The molecule has 0 saturated carbocycles. The van der Waals surface area contributed by atoms with Gasteiger partial charge in [-0.15, -0.1) is 11.3 Å². The van der Waals surface area contributed by atoms with Gasteiger partial charge in [0.05, 0.1) is 10.5 Å². The van der Waals surface area contributed by atoms with E-state index in [1.807, 2.05) is 13.8 Å². The van der Waals surface area contributed by atoms with E-state index in [1.165, 1.54) is 23.5 Å². The molecule has 1 aromatic heterocycles. The lowest BCUT2D eigenvalue weighted by Crippen LogP contribution is -1.88. The van der Waals surface area contributed by atoms with Crippen molar-refractivity contribution in [1.82, 2.24) is 0 Å². The Kier molecular flexibility index (Phi) is 3.91. The first kappa shape index (κ1) is 13.9.